The normalized spacial score (nSPS) is 12.8. The van der Waals surface area contributed by atoms with E-state index in [0.29, 0.717) is 22.8 Å². The van der Waals surface area contributed by atoms with Crippen molar-refractivity contribution in [3.05, 3.63) is 82.8 Å². The molecule has 1 aromatic heterocycles. The Morgan fingerprint density at radius 1 is 1.11 bits per heavy atom. The van der Waals surface area contributed by atoms with Crippen LogP contribution in [0.2, 0.25) is 0 Å². The van der Waals surface area contributed by atoms with Crippen LogP contribution in [0.15, 0.2) is 54.6 Å². The van der Waals surface area contributed by atoms with E-state index >= 15 is 0 Å². The molecule has 1 amide bonds. The zero-order chi connectivity index (χ0) is 19.5. The average molecular weight is 369 g/mol. The standard InChI is InChI=1S/C22H19N5O/c1-15-24-20(22(28)26-19-8-4-5-16(11-19)13-23)12-21(25-15)27-10-9-17-6-2-3-7-18(17)14-27/h2-8,11-12H,9-10,14H2,1H3,(H,26,28). The number of amides is 1. The zero-order valence-electron chi connectivity index (χ0n) is 15.5. The van der Waals surface area contributed by atoms with Gasteiger partial charge in [-0.05, 0) is 42.7 Å². The number of anilines is 2. The van der Waals surface area contributed by atoms with Gasteiger partial charge in [0.1, 0.15) is 17.3 Å². The molecule has 0 spiro atoms. The highest BCUT2D eigenvalue weighted by Gasteiger charge is 2.19. The largest absolute Gasteiger partial charge is 0.352 e. The summed E-state index contributed by atoms with van der Waals surface area (Å²) in [6, 6.07) is 19.0. The lowest BCUT2D eigenvalue weighted by molar-refractivity contribution is 0.102. The van der Waals surface area contributed by atoms with Crippen molar-refractivity contribution in [1.29, 1.82) is 5.26 Å². The van der Waals surface area contributed by atoms with Crippen LogP contribution in [-0.4, -0.2) is 22.4 Å². The molecule has 2 heterocycles. The third kappa shape index (κ3) is 3.69. The van der Waals surface area contributed by atoms with Crippen LogP contribution < -0.4 is 10.2 Å². The van der Waals surface area contributed by atoms with Crippen molar-refractivity contribution < 1.29 is 4.79 Å². The Morgan fingerprint density at radius 2 is 1.93 bits per heavy atom. The number of nitrogens with zero attached hydrogens (tertiary/aromatic N) is 4. The third-order valence-corrected chi connectivity index (χ3v) is 4.76. The number of hydrogen-bond acceptors (Lipinski definition) is 5. The molecule has 0 bridgehead atoms. The molecule has 0 fully saturated rings. The first-order valence-corrected chi connectivity index (χ1v) is 9.11. The lowest BCUT2D eigenvalue weighted by Gasteiger charge is -2.30. The van der Waals surface area contributed by atoms with E-state index in [0.717, 1.165) is 25.3 Å². The summed E-state index contributed by atoms with van der Waals surface area (Å²) in [6.45, 7) is 3.39. The lowest BCUT2D eigenvalue weighted by Crippen LogP contribution is -2.31. The average Bonchev–Trinajstić information content (AvgIpc) is 2.73. The van der Waals surface area contributed by atoms with E-state index in [1.54, 1.807) is 37.3 Å². The highest BCUT2D eigenvalue weighted by atomic mass is 16.1. The number of hydrogen-bond donors (Lipinski definition) is 1. The van der Waals surface area contributed by atoms with Gasteiger partial charge in [0, 0.05) is 24.8 Å². The summed E-state index contributed by atoms with van der Waals surface area (Å²) >= 11 is 0. The molecule has 0 atom stereocenters. The molecule has 28 heavy (non-hydrogen) atoms. The van der Waals surface area contributed by atoms with Gasteiger partial charge in [0.05, 0.1) is 11.6 Å². The summed E-state index contributed by atoms with van der Waals surface area (Å²) in [4.78, 5) is 23.7. The molecule has 1 N–H and O–H groups in total. The van der Waals surface area contributed by atoms with E-state index in [9.17, 15) is 4.79 Å². The summed E-state index contributed by atoms with van der Waals surface area (Å²) in [5.41, 5.74) is 4.01. The van der Waals surface area contributed by atoms with Crippen LogP contribution >= 0.6 is 0 Å². The zero-order valence-corrected chi connectivity index (χ0v) is 15.5. The number of rotatable bonds is 3. The second kappa shape index (κ2) is 7.49. The first kappa shape index (κ1) is 17.7. The number of fused-ring (bicyclic) bond motifs is 1. The molecule has 0 saturated heterocycles. The monoisotopic (exact) mass is 369 g/mol. The summed E-state index contributed by atoms with van der Waals surface area (Å²) in [6.07, 6.45) is 0.946. The van der Waals surface area contributed by atoms with Crippen LogP contribution in [0.5, 0.6) is 0 Å². The molecule has 1 aliphatic rings. The molecule has 0 unspecified atom stereocenters. The van der Waals surface area contributed by atoms with E-state index in [1.807, 2.05) is 6.07 Å². The van der Waals surface area contributed by atoms with Gasteiger partial charge in [-0.15, -0.1) is 0 Å². The van der Waals surface area contributed by atoms with Crippen LogP contribution in [0.25, 0.3) is 0 Å². The van der Waals surface area contributed by atoms with Gasteiger partial charge in [0.2, 0.25) is 0 Å². The van der Waals surface area contributed by atoms with Crippen molar-refractivity contribution in [3.8, 4) is 6.07 Å². The van der Waals surface area contributed by atoms with Crippen molar-refractivity contribution in [3.63, 3.8) is 0 Å². The van der Waals surface area contributed by atoms with Crippen LogP contribution in [-0.2, 0) is 13.0 Å². The van der Waals surface area contributed by atoms with E-state index < -0.39 is 0 Å². The second-order valence-electron chi connectivity index (χ2n) is 6.75. The first-order chi connectivity index (χ1) is 13.6. The maximum absolute atomic E-state index is 12.7. The van der Waals surface area contributed by atoms with Crippen molar-refractivity contribution in [2.75, 3.05) is 16.8 Å². The van der Waals surface area contributed by atoms with Crippen molar-refractivity contribution in [2.45, 2.75) is 19.9 Å². The summed E-state index contributed by atoms with van der Waals surface area (Å²) in [7, 11) is 0. The van der Waals surface area contributed by atoms with Crippen LogP contribution in [0.1, 0.15) is 33.0 Å². The molecule has 2 aromatic carbocycles. The van der Waals surface area contributed by atoms with Crippen molar-refractivity contribution >= 4 is 17.4 Å². The Kier molecular flexibility index (Phi) is 4.73. The smallest absolute Gasteiger partial charge is 0.274 e. The maximum atomic E-state index is 12.7. The predicted molar refractivity (Wildman–Crippen MR) is 107 cm³/mol. The number of aryl methyl sites for hydroxylation is 1. The van der Waals surface area contributed by atoms with Crippen LogP contribution in [0.3, 0.4) is 0 Å². The Bertz CT molecular complexity index is 1090. The number of benzene rings is 2. The van der Waals surface area contributed by atoms with Gasteiger partial charge in [0.15, 0.2) is 0 Å². The predicted octanol–water partition coefficient (Wildman–Crippen LogP) is 3.47. The molecule has 4 rings (SSSR count). The third-order valence-electron chi connectivity index (χ3n) is 4.76. The molecule has 6 nitrogen and oxygen atoms in total. The Labute approximate surface area is 163 Å². The van der Waals surface area contributed by atoms with E-state index in [4.69, 9.17) is 5.26 Å². The van der Waals surface area contributed by atoms with E-state index in [-0.39, 0.29) is 5.91 Å². The minimum atomic E-state index is -0.320. The highest BCUT2D eigenvalue weighted by Crippen LogP contribution is 2.24. The minimum Gasteiger partial charge on any atom is -0.352 e. The number of carbonyl (C=O) groups excluding carboxylic acids is 1. The fourth-order valence-corrected chi connectivity index (χ4v) is 3.38. The van der Waals surface area contributed by atoms with Gasteiger partial charge in [-0.25, -0.2) is 9.97 Å². The molecule has 3 aromatic rings. The Balaban J connectivity index is 1.57. The SMILES string of the molecule is Cc1nc(C(=O)Nc2cccc(C#N)c2)cc(N2CCc3ccccc3C2)n1. The number of nitrogens with one attached hydrogen (secondary N) is 1. The molecular formula is C22H19N5O. The minimum absolute atomic E-state index is 0.309. The molecule has 6 heteroatoms. The molecule has 0 saturated carbocycles. The molecule has 138 valence electrons. The van der Waals surface area contributed by atoms with Crippen molar-refractivity contribution in [2.24, 2.45) is 0 Å². The Hall–Kier alpha value is -3.72. The maximum Gasteiger partial charge on any atom is 0.274 e. The molecule has 0 aliphatic carbocycles. The summed E-state index contributed by atoms with van der Waals surface area (Å²) in [5, 5.41) is 11.8. The van der Waals surface area contributed by atoms with Gasteiger partial charge in [0.25, 0.3) is 5.91 Å². The van der Waals surface area contributed by atoms with Gasteiger partial charge in [-0.3, -0.25) is 4.79 Å². The fourth-order valence-electron chi connectivity index (χ4n) is 3.38. The molecular weight excluding hydrogens is 350 g/mol. The lowest BCUT2D eigenvalue weighted by atomic mass is 10.00. The quantitative estimate of drug-likeness (QED) is 0.764. The summed E-state index contributed by atoms with van der Waals surface area (Å²) in [5.74, 6) is 0.976. The van der Waals surface area contributed by atoms with Gasteiger partial charge >= 0.3 is 0 Å². The topological polar surface area (TPSA) is 81.9 Å². The molecule has 0 radical (unpaired) electrons. The van der Waals surface area contributed by atoms with Gasteiger partial charge < -0.3 is 10.2 Å². The van der Waals surface area contributed by atoms with E-state index in [2.05, 4.69) is 44.5 Å². The van der Waals surface area contributed by atoms with E-state index in [1.165, 1.54) is 11.1 Å². The van der Waals surface area contributed by atoms with Crippen LogP contribution in [0.4, 0.5) is 11.5 Å². The van der Waals surface area contributed by atoms with Gasteiger partial charge in [-0.1, -0.05) is 30.3 Å². The second-order valence-corrected chi connectivity index (χ2v) is 6.75. The first-order valence-electron chi connectivity index (χ1n) is 9.11. The highest BCUT2D eigenvalue weighted by molar-refractivity contribution is 6.03. The molecule has 1 aliphatic heterocycles. The number of carbonyl (C=O) groups is 1. The van der Waals surface area contributed by atoms with Gasteiger partial charge in [-0.2, -0.15) is 5.26 Å². The summed E-state index contributed by atoms with van der Waals surface area (Å²) < 4.78 is 0. The fraction of sp³-hybridized carbons (Fsp3) is 0.182. The number of aromatic nitrogens is 2. The van der Waals surface area contributed by atoms with Crippen LogP contribution in [0, 0.1) is 18.3 Å². The van der Waals surface area contributed by atoms with Crippen molar-refractivity contribution in [1.82, 2.24) is 9.97 Å². The number of nitriles is 1. The Morgan fingerprint density at radius 3 is 2.75 bits per heavy atom.